The molecule has 0 bridgehead atoms. The Morgan fingerprint density at radius 1 is 1.38 bits per heavy atom. The second-order valence-electron chi connectivity index (χ2n) is 5.42. The standard InChI is InChI=1S/C16H13ClN2OS/c17-14-11-5-1-2-7-13(11)21-15(14)16(20)19-18-12-8-9-4-3-6-10(9)12/h1-5,7,9-10H,6,8H2,(H,19,20)/b18-12+/t9-,10-/m1/s1. The lowest BCUT2D eigenvalue weighted by Gasteiger charge is -2.31. The highest BCUT2D eigenvalue weighted by molar-refractivity contribution is 7.21. The molecule has 4 rings (SSSR count). The molecule has 1 saturated carbocycles. The number of nitrogens with zero attached hydrogens (tertiary/aromatic N) is 1. The lowest BCUT2D eigenvalue weighted by molar-refractivity contribution is 0.0958. The molecular weight excluding hydrogens is 304 g/mol. The van der Waals surface area contributed by atoms with E-state index in [1.807, 2.05) is 24.3 Å². The topological polar surface area (TPSA) is 41.5 Å². The van der Waals surface area contributed by atoms with Crippen molar-refractivity contribution < 1.29 is 4.79 Å². The molecule has 0 spiro atoms. The van der Waals surface area contributed by atoms with Crippen molar-refractivity contribution in [2.45, 2.75) is 12.8 Å². The normalized spacial score (nSPS) is 25.1. The maximum Gasteiger partial charge on any atom is 0.283 e. The van der Waals surface area contributed by atoms with Crippen molar-refractivity contribution in [3.05, 3.63) is 46.3 Å². The van der Waals surface area contributed by atoms with E-state index in [1.165, 1.54) is 11.3 Å². The van der Waals surface area contributed by atoms with E-state index in [2.05, 4.69) is 22.7 Å². The van der Waals surface area contributed by atoms with Gasteiger partial charge in [0.25, 0.3) is 5.91 Å². The summed E-state index contributed by atoms with van der Waals surface area (Å²) in [5, 5.41) is 5.72. The van der Waals surface area contributed by atoms with Crippen molar-refractivity contribution in [2.24, 2.45) is 16.9 Å². The second kappa shape index (κ2) is 4.97. The van der Waals surface area contributed by atoms with Gasteiger partial charge in [0.2, 0.25) is 0 Å². The number of carbonyl (C=O) groups is 1. The highest BCUT2D eigenvalue weighted by Gasteiger charge is 2.38. The average Bonchev–Trinajstić information content (AvgIpc) is 3.01. The van der Waals surface area contributed by atoms with Gasteiger partial charge in [-0.2, -0.15) is 5.10 Å². The van der Waals surface area contributed by atoms with E-state index in [-0.39, 0.29) is 5.91 Å². The Balaban J connectivity index is 1.54. The summed E-state index contributed by atoms with van der Waals surface area (Å²) in [4.78, 5) is 12.8. The zero-order valence-corrected chi connectivity index (χ0v) is 12.7. The number of hydrogen-bond donors (Lipinski definition) is 1. The molecule has 1 aromatic carbocycles. The number of thiophene rings is 1. The van der Waals surface area contributed by atoms with Gasteiger partial charge >= 0.3 is 0 Å². The van der Waals surface area contributed by atoms with E-state index < -0.39 is 0 Å². The largest absolute Gasteiger partial charge is 0.283 e. The predicted octanol–water partition coefficient (Wildman–Crippen LogP) is 4.24. The molecule has 106 valence electrons. The Morgan fingerprint density at radius 3 is 3.05 bits per heavy atom. The molecule has 3 nitrogen and oxygen atoms in total. The monoisotopic (exact) mass is 316 g/mol. The number of fused-ring (bicyclic) bond motifs is 2. The maximum absolute atomic E-state index is 12.3. The van der Waals surface area contributed by atoms with Crippen LogP contribution in [0.3, 0.4) is 0 Å². The smallest absolute Gasteiger partial charge is 0.266 e. The summed E-state index contributed by atoms with van der Waals surface area (Å²) >= 11 is 7.70. The minimum absolute atomic E-state index is 0.219. The summed E-state index contributed by atoms with van der Waals surface area (Å²) in [6.07, 6.45) is 6.45. The number of nitrogens with one attached hydrogen (secondary N) is 1. The number of benzene rings is 1. The highest BCUT2D eigenvalue weighted by atomic mass is 35.5. The summed E-state index contributed by atoms with van der Waals surface area (Å²) in [5.74, 6) is 0.917. The van der Waals surface area contributed by atoms with Crippen LogP contribution in [0.4, 0.5) is 0 Å². The molecule has 0 unspecified atom stereocenters. The fourth-order valence-corrected chi connectivity index (χ4v) is 4.40. The van der Waals surface area contributed by atoms with Crippen LogP contribution in [0.1, 0.15) is 22.5 Å². The van der Waals surface area contributed by atoms with E-state index in [4.69, 9.17) is 11.6 Å². The molecule has 5 heteroatoms. The third-order valence-corrected chi connectivity index (χ3v) is 5.88. The van der Waals surface area contributed by atoms with Gasteiger partial charge in [0.1, 0.15) is 4.88 Å². The zero-order valence-electron chi connectivity index (χ0n) is 11.2. The molecule has 1 amide bonds. The molecule has 2 atom stereocenters. The van der Waals surface area contributed by atoms with Crippen LogP contribution in [-0.4, -0.2) is 11.6 Å². The van der Waals surface area contributed by atoms with E-state index in [1.54, 1.807) is 0 Å². The fourth-order valence-electron chi connectivity index (χ4n) is 3.00. The summed E-state index contributed by atoms with van der Waals surface area (Å²) in [6, 6.07) is 7.76. The van der Waals surface area contributed by atoms with Gasteiger partial charge < -0.3 is 0 Å². The molecule has 2 aliphatic rings. The summed E-state index contributed by atoms with van der Waals surface area (Å²) < 4.78 is 1.02. The van der Waals surface area contributed by atoms with Gasteiger partial charge in [-0.05, 0) is 24.8 Å². The molecule has 0 aliphatic heterocycles. The van der Waals surface area contributed by atoms with Gasteiger partial charge in [-0.25, -0.2) is 5.43 Å². The molecule has 1 fully saturated rings. The lowest BCUT2D eigenvalue weighted by atomic mass is 9.74. The minimum Gasteiger partial charge on any atom is -0.266 e. The number of hydrogen-bond acceptors (Lipinski definition) is 3. The van der Waals surface area contributed by atoms with Crippen LogP contribution in [0.25, 0.3) is 10.1 Å². The quantitative estimate of drug-likeness (QED) is 0.653. The van der Waals surface area contributed by atoms with Gasteiger partial charge in [-0.15, -0.1) is 11.3 Å². The van der Waals surface area contributed by atoms with Gasteiger partial charge in [0.15, 0.2) is 0 Å². The third kappa shape index (κ3) is 2.10. The number of rotatable bonds is 2. The van der Waals surface area contributed by atoms with E-state index in [0.717, 1.165) is 28.6 Å². The van der Waals surface area contributed by atoms with Crippen LogP contribution in [0.15, 0.2) is 41.5 Å². The van der Waals surface area contributed by atoms with Crippen LogP contribution in [0, 0.1) is 11.8 Å². The summed E-state index contributed by atoms with van der Waals surface area (Å²) in [6.45, 7) is 0. The molecule has 0 saturated heterocycles. The Morgan fingerprint density at radius 2 is 2.24 bits per heavy atom. The van der Waals surface area contributed by atoms with Crippen LogP contribution in [0.2, 0.25) is 5.02 Å². The number of halogens is 1. The number of allylic oxidation sites excluding steroid dienone is 2. The van der Waals surface area contributed by atoms with E-state index in [9.17, 15) is 4.79 Å². The van der Waals surface area contributed by atoms with E-state index >= 15 is 0 Å². The molecule has 21 heavy (non-hydrogen) atoms. The molecule has 1 N–H and O–H groups in total. The predicted molar refractivity (Wildman–Crippen MR) is 87.1 cm³/mol. The SMILES string of the molecule is O=C(N/N=C1\C[C@H]2C=CC[C@@H]12)c1sc2ccccc2c1Cl. The zero-order chi connectivity index (χ0) is 14.4. The van der Waals surface area contributed by atoms with Crippen molar-refractivity contribution in [1.82, 2.24) is 5.43 Å². The van der Waals surface area contributed by atoms with Gasteiger partial charge in [0, 0.05) is 21.7 Å². The maximum atomic E-state index is 12.3. The first kappa shape index (κ1) is 13.0. The van der Waals surface area contributed by atoms with Gasteiger partial charge in [0.05, 0.1) is 5.02 Å². The highest BCUT2D eigenvalue weighted by Crippen LogP contribution is 2.40. The Hall–Kier alpha value is -1.65. The molecule has 2 aliphatic carbocycles. The molecular formula is C16H13ClN2OS. The third-order valence-electron chi connectivity index (χ3n) is 4.21. The van der Waals surface area contributed by atoms with Gasteiger partial charge in [-0.3, -0.25) is 4.79 Å². The first-order valence-electron chi connectivity index (χ1n) is 6.94. The average molecular weight is 317 g/mol. The van der Waals surface area contributed by atoms with Crippen LogP contribution < -0.4 is 5.43 Å². The Kier molecular flexibility index (Phi) is 3.08. The first-order chi connectivity index (χ1) is 10.2. The van der Waals surface area contributed by atoms with Crippen molar-refractivity contribution in [3.63, 3.8) is 0 Å². The Labute approximate surface area is 131 Å². The van der Waals surface area contributed by atoms with Crippen LogP contribution in [-0.2, 0) is 0 Å². The van der Waals surface area contributed by atoms with Crippen LogP contribution in [0.5, 0.6) is 0 Å². The van der Waals surface area contributed by atoms with Gasteiger partial charge in [-0.1, -0.05) is 42.0 Å². The summed E-state index contributed by atoms with van der Waals surface area (Å²) in [5.41, 5.74) is 3.76. The molecule has 0 radical (unpaired) electrons. The fraction of sp³-hybridized carbons (Fsp3) is 0.250. The summed E-state index contributed by atoms with van der Waals surface area (Å²) in [7, 11) is 0. The number of amides is 1. The number of carbonyl (C=O) groups excluding carboxylic acids is 1. The van der Waals surface area contributed by atoms with Crippen molar-refractivity contribution in [2.75, 3.05) is 0 Å². The minimum atomic E-state index is -0.219. The van der Waals surface area contributed by atoms with Crippen molar-refractivity contribution in [3.8, 4) is 0 Å². The van der Waals surface area contributed by atoms with E-state index in [0.29, 0.717) is 21.7 Å². The van der Waals surface area contributed by atoms with Crippen LogP contribution >= 0.6 is 22.9 Å². The second-order valence-corrected chi connectivity index (χ2v) is 6.85. The first-order valence-corrected chi connectivity index (χ1v) is 8.14. The molecule has 1 aromatic heterocycles. The number of hydrazone groups is 1. The molecule has 1 heterocycles. The Bertz CT molecular complexity index is 793. The van der Waals surface area contributed by atoms with Crippen molar-refractivity contribution in [1.29, 1.82) is 0 Å². The molecule has 2 aromatic rings. The lowest BCUT2D eigenvalue weighted by Crippen LogP contribution is -2.35. The van der Waals surface area contributed by atoms with Crippen molar-refractivity contribution >= 4 is 44.6 Å².